The molecule has 3 atom stereocenters. The monoisotopic (exact) mass is 243 g/mol. The highest BCUT2D eigenvalue weighted by Gasteiger charge is 2.30. The zero-order valence-electron chi connectivity index (χ0n) is 10.4. The standard InChI is InChI=1S/C12H21NO4/c1-8(17-2)7-13-11(14)9-4-3-5-10(6-9)12(15)16/h8-10H,3-7H2,1-2H3,(H,13,14)(H,15,16). The van der Waals surface area contributed by atoms with Gasteiger partial charge in [-0.3, -0.25) is 9.59 Å². The Labute approximate surface area is 102 Å². The second kappa shape index (κ2) is 6.59. The molecule has 1 amide bonds. The van der Waals surface area contributed by atoms with Crippen LogP contribution in [0.2, 0.25) is 0 Å². The van der Waals surface area contributed by atoms with Crippen molar-refractivity contribution in [3.8, 4) is 0 Å². The number of carbonyl (C=O) groups is 2. The maximum absolute atomic E-state index is 11.8. The molecule has 3 unspecified atom stereocenters. The van der Waals surface area contributed by atoms with E-state index in [4.69, 9.17) is 9.84 Å². The van der Waals surface area contributed by atoms with E-state index in [0.717, 1.165) is 12.8 Å². The Hall–Kier alpha value is -1.10. The Bertz CT molecular complexity index is 280. The van der Waals surface area contributed by atoms with Crippen molar-refractivity contribution in [3.63, 3.8) is 0 Å². The summed E-state index contributed by atoms with van der Waals surface area (Å²) in [5, 5.41) is 11.7. The average molecular weight is 243 g/mol. The van der Waals surface area contributed by atoms with E-state index in [2.05, 4.69) is 5.32 Å². The molecule has 0 aromatic rings. The summed E-state index contributed by atoms with van der Waals surface area (Å²) >= 11 is 0. The predicted molar refractivity (Wildman–Crippen MR) is 62.6 cm³/mol. The molecule has 0 heterocycles. The zero-order valence-corrected chi connectivity index (χ0v) is 10.4. The first-order valence-corrected chi connectivity index (χ1v) is 6.08. The number of amides is 1. The Morgan fingerprint density at radius 2 is 2.06 bits per heavy atom. The number of carbonyl (C=O) groups excluding carboxylic acids is 1. The van der Waals surface area contributed by atoms with Crippen LogP contribution in [0.4, 0.5) is 0 Å². The molecule has 2 N–H and O–H groups in total. The molecule has 1 fully saturated rings. The molecule has 0 spiro atoms. The van der Waals surface area contributed by atoms with E-state index < -0.39 is 5.97 Å². The SMILES string of the molecule is COC(C)CNC(=O)C1CCCC(C(=O)O)C1. The number of methoxy groups -OCH3 is 1. The van der Waals surface area contributed by atoms with Gasteiger partial charge in [-0.2, -0.15) is 0 Å². The van der Waals surface area contributed by atoms with Crippen LogP contribution < -0.4 is 5.32 Å². The third-order valence-corrected chi connectivity index (χ3v) is 3.36. The minimum Gasteiger partial charge on any atom is -0.481 e. The lowest BCUT2D eigenvalue weighted by atomic mass is 9.81. The van der Waals surface area contributed by atoms with E-state index >= 15 is 0 Å². The van der Waals surface area contributed by atoms with Crippen molar-refractivity contribution in [2.75, 3.05) is 13.7 Å². The van der Waals surface area contributed by atoms with E-state index in [9.17, 15) is 9.59 Å². The predicted octanol–water partition coefficient (Wildman–Crippen LogP) is 1.03. The maximum Gasteiger partial charge on any atom is 0.306 e. The summed E-state index contributed by atoms with van der Waals surface area (Å²) in [6.07, 6.45) is 2.74. The third kappa shape index (κ3) is 4.34. The van der Waals surface area contributed by atoms with Crippen LogP contribution in [0, 0.1) is 11.8 Å². The van der Waals surface area contributed by atoms with Crippen molar-refractivity contribution < 1.29 is 19.4 Å². The fourth-order valence-corrected chi connectivity index (χ4v) is 2.12. The molecule has 1 aliphatic rings. The molecule has 5 nitrogen and oxygen atoms in total. The summed E-state index contributed by atoms with van der Waals surface area (Å²) in [4.78, 5) is 22.7. The third-order valence-electron chi connectivity index (χ3n) is 3.36. The number of hydrogen-bond donors (Lipinski definition) is 2. The van der Waals surface area contributed by atoms with E-state index in [1.807, 2.05) is 6.92 Å². The van der Waals surface area contributed by atoms with Crippen LogP contribution in [-0.4, -0.2) is 36.7 Å². The normalized spacial score (nSPS) is 26.2. The van der Waals surface area contributed by atoms with Crippen molar-refractivity contribution in [1.29, 1.82) is 0 Å². The number of carboxylic acids is 1. The topological polar surface area (TPSA) is 75.6 Å². The number of rotatable bonds is 5. The molecule has 0 saturated heterocycles. The second-order valence-electron chi connectivity index (χ2n) is 4.69. The molecule has 1 rings (SSSR count). The van der Waals surface area contributed by atoms with Gasteiger partial charge in [0, 0.05) is 19.6 Å². The first-order valence-electron chi connectivity index (χ1n) is 6.08. The second-order valence-corrected chi connectivity index (χ2v) is 4.69. The fraction of sp³-hybridized carbons (Fsp3) is 0.833. The molecule has 1 aliphatic carbocycles. The van der Waals surface area contributed by atoms with Crippen LogP contribution in [0.1, 0.15) is 32.6 Å². The lowest BCUT2D eigenvalue weighted by Crippen LogP contribution is -2.38. The summed E-state index contributed by atoms with van der Waals surface area (Å²) in [5.74, 6) is -1.35. The van der Waals surface area contributed by atoms with Gasteiger partial charge in [0.2, 0.25) is 5.91 Å². The molecule has 5 heteroatoms. The van der Waals surface area contributed by atoms with Crippen molar-refractivity contribution >= 4 is 11.9 Å². The van der Waals surface area contributed by atoms with Crippen molar-refractivity contribution in [2.45, 2.75) is 38.7 Å². The Kier molecular flexibility index (Phi) is 5.41. The molecule has 17 heavy (non-hydrogen) atoms. The van der Waals surface area contributed by atoms with Crippen LogP contribution in [0.25, 0.3) is 0 Å². The van der Waals surface area contributed by atoms with Gasteiger partial charge in [0.15, 0.2) is 0 Å². The van der Waals surface area contributed by atoms with E-state index in [0.29, 0.717) is 19.4 Å². The van der Waals surface area contributed by atoms with Gasteiger partial charge in [-0.05, 0) is 26.2 Å². The minimum atomic E-state index is -0.784. The lowest BCUT2D eigenvalue weighted by molar-refractivity contribution is -0.144. The summed E-state index contributed by atoms with van der Waals surface area (Å²) in [6, 6.07) is 0. The molecule has 0 aliphatic heterocycles. The number of ether oxygens (including phenoxy) is 1. The van der Waals surface area contributed by atoms with Gasteiger partial charge in [0.05, 0.1) is 12.0 Å². The quantitative estimate of drug-likeness (QED) is 0.756. The summed E-state index contributed by atoms with van der Waals surface area (Å²) < 4.78 is 5.04. The Balaban J connectivity index is 2.38. The first-order chi connectivity index (χ1) is 8.04. The van der Waals surface area contributed by atoms with Gasteiger partial charge in [0.1, 0.15) is 0 Å². The van der Waals surface area contributed by atoms with Crippen LogP contribution in [0.15, 0.2) is 0 Å². The van der Waals surface area contributed by atoms with Gasteiger partial charge in [-0.25, -0.2) is 0 Å². The van der Waals surface area contributed by atoms with Crippen LogP contribution in [0.5, 0.6) is 0 Å². The van der Waals surface area contributed by atoms with E-state index in [-0.39, 0.29) is 23.8 Å². The number of hydrogen-bond acceptors (Lipinski definition) is 3. The highest BCUT2D eigenvalue weighted by Crippen LogP contribution is 2.29. The summed E-state index contributed by atoms with van der Waals surface area (Å²) in [7, 11) is 1.60. The maximum atomic E-state index is 11.8. The number of nitrogens with one attached hydrogen (secondary N) is 1. The van der Waals surface area contributed by atoms with E-state index in [1.54, 1.807) is 7.11 Å². The van der Waals surface area contributed by atoms with Gasteiger partial charge in [0.25, 0.3) is 0 Å². The lowest BCUT2D eigenvalue weighted by Gasteiger charge is -2.26. The fourth-order valence-electron chi connectivity index (χ4n) is 2.12. The van der Waals surface area contributed by atoms with Crippen molar-refractivity contribution in [3.05, 3.63) is 0 Å². The molecule has 0 aromatic carbocycles. The van der Waals surface area contributed by atoms with Gasteiger partial charge >= 0.3 is 5.97 Å². The van der Waals surface area contributed by atoms with Gasteiger partial charge in [-0.1, -0.05) is 6.42 Å². The number of aliphatic carboxylic acids is 1. The highest BCUT2D eigenvalue weighted by molar-refractivity contribution is 5.80. The van der Waals surface area contributed by atoms with Crippen molar-refractivity contribution in [2.24, 2.45) is 11.8 Å². The number of carboxylic acid groups (broad SMARTS) is 1. The molecule has 0 bridgehead atoms. The first kappa shape index (κ1) is 14.0. The zero-order chi connectivity index (χ0) is 12.8. The van der Waals surface area contributed by atoms with Crippen LogP contribution in [0.3, 0.4) is 0 Å². The molecule has 1 saturated carbocycles. The van der Waals surface area contributed by atoms with E-state index in [1.165, 1.54) is 0 Å². The molecule has 98 valence electrons. The van der Waals surface area contributed by atoms with Crippen LogP contribution in [-0.2, 0) is 14.3 Å². The Morgan fingerprint density at radius 3 is 2.65 bits per heavy atom. The average Bonchev–Trinajstić information content (AvgIpc) is 2.35. The largest absolute Gasteiger partial charge is 0.481 e. The minimum absolute atomic E-state index is 0.0159. The van der Waals surface area contributed by atoms with Gasteiger partial charge < -0.3 is 15.2 Å². The molecule has 0 radical (unpaired) electrons. The summed E-state index contributed by atoms with van der Waals surface area (Å²) in [5.41, 5.74) is 0. The Morgan fingerprint density at radius 1 is 1.41 bits per heavy atom. The molecular formula is C12H21NO4. The molecular weight excluding hydrogens is 222 g/mol. The smallest absolute Gasteiger partial charge is 0.306 e. The van der Waals surface area contributed by atoms with Crippen molar-refractivity contribution in [1.82, 2.24) is 5.32 Å². The van der Waals surface area contributed by atoms with Crippen LogP contribution >= 0.6 is 0 Å². The molecule has 0 aromatic heterocycles. The summed E-state index contributed by atoms with van der Waals surface area (Å²) in [6.45, 7) is 2.35. The highest BCUT2D eigenvalue weighted by atomic mass is 16.5. The van der Waals surface area contributed by atoms with Gasteiger partial charge in [-0.15, -0.1) is 0 Å².